The number of ether oxygens (including phenoxy) is 2. The Bertz CT molecular complexity index is 368. The third-order valence-electron chi connectivity index (χ3n) is 1.99. The molecule has 0 saturated heterocycles. The molecule has 0 aliphatic heterocycles. The minimum atomic E-state index is -0.369. The number of hydrogen-bond donors (Lipinski definition) is 1. The normalized spacial score (nSPS) is 10.5. The van der Waals surface area contributed by atoms with Crippen LogP contribution >= 0.6 is 0 Å². The summed E-state index contributed by atoms with van der Waals surface area (Å²) in [5.74, 6) is 0.322. The van der Waals surface area contributed by atoms with Crippen molar-refractivity contribution in [3.63, 3.8) is 0 Å². The van der Waals surface area contributed by atoms with Gasteiger partial charge in [0.1, 0.15) is 12.4 Å². The third kappa shape index (κ3) is 5.17. The van der Waals surface area contributed by atoms with Crippen LogP contribution in [0.1, 0.15) is 12.5 Å². The lowest BCUT2D eigenvalue weighted by Crippen LogP contribution is -2.00. The molecule has 92 valence electrons. The van der Waals surface area contributed by atoms with E-state index in [-0.39, 0.29) is 12.6 Å². The number of aliphatic hydroxyl groups excluding tert-OH is 1. The van der Waals surface area contributed by atoms with Crippen LogP contribution in [0.3, 0.4) is 0 Å². The van der Waals surface area contributed by atoms with E-state index in [9.17, 15) is 4.79 Å². The van der Waals surface area contributed by atoms with Gasteiger partial charge in [-0.05, 0) is 30.7 Å². The minimum Gasteiger partial charge on any atom is -0.490 e. The largest absolute Gasteiger partial charge is 0.490 e. The van der Waals surface area contributed by atoms with Gasteiger partial charge in [0.2, 0.25) is 0 Å². The van der Waals surface area contributed by atoms with Crippen molar-refractivity contribution in [3.05, 3.63) is 42.0 Å². The second-order valence-corrected chi connectivity index (χ2v) is 3.27. The van der Waals surface area contributed by atoms with E-state index >= 15 is 0 Å². The second-order valence-electron chi connectivity index (χ2n) is 3.27. The maximum absolute atomic E-state index is 10.9. The molecule has 0 radical (unpaired) electrons. The standard InChI is InChI=1S/C13H16O4/c1-2-16-13(15)4-3-9-17-12-7-5-11(10-14)6-8-12/h3-8,14H,2,9-10H2,1H3/b4-3+. The first-order valence-electron chi connectivity index (χ1n) is 5.42. The van der Waals surface area contributed by atoms with E-state index < -0.39 is 0 Å². The van der Waals surface area contributed by atoms with Crippen LogP contribution in [-0.2, 0) is 16.1 Å². The Morgan fingerprint density at radius 3 is 2.65 bits per heavy atom. The van der Waals surface area contributed by atoms with Crippen LogP contribution in [0, 0.1) is 0 Å². The van der Waals surface area contributed by atoms with Gasteiger partial charge in [0, 0.05) is 6.08 Å². The number of rotatable bonds is 6. The van der Waals surface area contributed by atoms with Crippen molar-refractivity contribution in [3.8, 4) is 5.75 Å². The summed E-state index contributed by atoms with van der Waals surface area (Å²) < 4.78 is 10.1. The van der Waals surface area contributed by atoms with Crippen molar-refractivity contribution in [2.45, 2.75) is 13.5 Å². The highest BCUT2D eigenvalue weighted by molar-refractivity contribution is 5.81. The first-order chi connectivity index (χ1) is 8.26. The van der Waals surface area contributed by atoms with E-state index in [1.165, 1.54) is 6.08 Å². The lowest BCUT2D eigenvalue weighted by molar-refractivity contribution is -0.137. The SMILES string of the molecule is CCOC(=O)/C=C/COc1ccc(CO)cc1. The molecule has 1 aromatic rings. The lowest BCUT2D eigenvalue weighted by Gasteiger charge is -2.03. The van der Waals surface area contributed by atoms with E-state index in [4.69, 9.17) is 14.6 Å². The number of aliphatic hydroxyl groups is 1. The van der Waals surface area contributed by atoms with Crippen molar-refractivity contribution in [2.75, 3.05) is 13.2 Å². The summed E-state index contributed by atoms with van der Waals surface area (Å²) in [6.07, 6.45) is 2.93. The van der Waals surface area contributed by atoms with Crippen molar-refractivity contribution in [1.82, 2.24) is 0 Å². The number of carbonyl (C=O) groups is 1. The molecule has 0 fully saturated rings. The molecule has 17 heavy (non-hydrogen) atoms. The fourth-order valence-electron chi connectivity index (χ4n) is 1.17. The van der Waals surface area contributed by atoms with E-state index in [1.54, 1.807) is 37.3 Å². The van der Waals surface area contributed by atoms with Crippen molar-refractivity contribution in [1.29, 1.82) is 0 Å². The zero-order valence-electron chi connectivity index (χ0n) is 9.76. The van der Waals surface area contributed by atoms with Gasteiger partial charge in [-0.2, -0.15) is 0 Å². The number of esters is 1. The van der Waals surface area contributed by atoms with Gasteiger partial charge < -0.3 is 14.6 Å². The molecule has 1 rings (SSSR count). The Labute approximate surface area is 100 Å². The van der Waals surface area contributed by atoms with E-state index in [2.05, 4.69) is 0 Å². The molecule has 0 aliphatic rings. The van der Waals surface area contributed by atoms with Gasteiger partial charge in [0.15, 0.2) is 0 Å². The van der Waals surface area contributed by atoms with Crippen LogP contribution in [0.4, 0.5) is 0 Å². The van der Waals surface area contributed by atoms with Crippen molar-refractivity contribution >= 4 is 5.97 Å². The third-order valence-corrected chi connectivity index (χ3v) is 1.99. The summed E-state index contributed by atoms with van der Waals surface area (Å²) in [5.41, 5.74) is 0.833. The number of carbonyl (C=O) groups excluding carboxylic acids is 1. The molecule has 1 N–H and O–H groups in total. The Kier molecular flexibility index (Phi) is 5.82. The smallest absolute Gasteiger partial charge is 0.330 e. The maximum Gasteiger partial charge on any atom is 0.330 e. The van der Waals surface area contributed by atoms with E-state index in [0.717, 1.165) is 5.56 Å². The molecule has 0 unspecified atom stereocenters. The molecule has 0 atom stereocenters. The predicted octanol–water partition coefficient (Wildman–Crippen LogP) is 1.68. The Balaban J connectivity index is 2.32. The topological polar surface area (TPSA) is 55.8 Å². The van der Waals surface area contributed by atoms with E-state index in [0.29, 0.717) is 19.0 Å². The van der Waals surface area contributed by atoms with Crippen LogP contribution in [0.2, 0.25) is 0 Å². The highest BCUT2D eigenvalue weighted by atomic mass is 16.5. The molecular weight excluding hydrogens is 220 g/mol. The fourth-order valence-corrected chi connectivity index (χ4v) is 1.17. The van der Waals surface area contributed by atoms with Gasteiger partial charge in [-0.25, -0.2) is 4.79 Å². The zero-order chi connectivity index (χ0) is 12.5. The minimum absolute atomic E-state index is 0.0169. The molecule has 0 saturated carbocycles. The van der Waals surface area contributed by atoms with E-state index in [1.807, 2.05) is 0 Å². The maximum atomic E-state index is 10.9. The number of hydrogen-bond acceptors (Lipinski definition) is 4. The Morgan fingerprint density at radius 2 is 2.06 bits per heavy atom. The second kappa shape index (κ2) is 7.46. The fraction of sp³-hybridized carbons (Fsp3) is 0.308. The molecule has 0 aliphatic carbocycles. The van der Waals surface area contributed by atoms with Crippen LogP contribution in [0.5, 0.6) is 5.75 Å². The average molecular weight is 236 g/mol. The van der Waals surface area contributed by atoms with Gasteiger partial charge in [0.25, 0.3) is 0 Å². The molecule has 4 nitrogen and oxygen atoms in total. The van der Waals surface area contributed by atoms with Crippen LogP contribution in [0.25, 0.3) is 0 Å². The van der Waals surface area contributed by atoms with Crippen LogP contribution in [-0.4, -0.2) is 24.3 Å². The molecular formula is C13H16O4. The van der Waals surface area contributed by atoms with Gasteiger partial charge >= 0.3 is 5.97 Å². The van der Waals surface area contributed by atoms with Gasteiger partial charge in [-0.15, -0.1) is 0 Å². The summed E-state index contributed by atoms with van der Waals surface area (Å²) in [5, 5.41) is 8.85. The summed E-state index contributed by atoms with van der Waals surface area (Å²) in [7, 11) is 0. The highest BCUT2D eigenvalue weighted by Crippen LogP contribution is 2.11. The zero-order valence-corrected chi connectivity index (χ0v) is 9.76. The Morgan fingerprint density at radius 1 is 1.35 bits per heavy atom. The quantitative estimate of drug-likeness (QED) is 0.603. The lowest BCUT2D eigenvalue weighted by atomic mass is 10.2. The van der Waals surface area contributed by atoms with Crippen LogP contribution in [0.15, 0.2) is 36.4 Å². The van der Waals surface area contributed by atoms with Gasteiger partial charge in [-0.3, -0.25) is 0 Å². The predicted molar refractivity (Wildman–Crippen MR) is 63.6 cm³/mol. The molecule has 0 heterocycles. The average Bonchev–Trinajstić information content (AvgIpc) is 2.36. The molecule has 0 aromatic heterocycles. The summed E-state index contributed by atoms with van der Waals surface area (Å²) in [6, 6.07) is 7.10. The molecule has 0 bridgehead atoms. The van der Waals surface area contributed by atoms with Crippen molar-refractivity contribution in [2.24, 2.45) is 0 Å². The molecule has 1 aromatic carbocycles. The molecule has 0 spiro atoms. The summed E-state index contributed by atoms with van der Waals surface area (Å²) >= 11 is 0. The molecule has 0 amide bonds. The first kappa shape index (κ1) is 13.3. The van der Waals surface area contributed by atoms with Crippen LogP contribution < -0.4 is 4.74 Å². The molecule has 4 heteroatoms. The monoisotopic (exact) mass is 236 g/mol. The number of benzene rings is 1. The summed E-state index contributed by atoms with van der Waals surface area (Å²) in [6.45, 7) is 2.44. The van der Waals surface area contributed by atoms with Crippen molar-refractivity contribution < 1.29 is 19.4 Å². The van der Waals surface area contributed by atoms with Gasteiger partial charge in [-0.1, -0.05) is 12.1 Å². The highest BCUT2D eigenvalue weighted by Gasteiger charge is 1.94. The summed E-state index contributed by atoms with van der Waals surface area (Å²) in [4.78, 5) is 10.9. The first-order valence-corrected chi connectivity index (χ1v) is 5.42. The van der Waals surface area contributed by atoms with Gasteiger partial charge in [0.05, 0.1) is 13.2 Å². The Hall–Kier alpha value is -1.81.